The van der Waals surface area contributed by atoms with E-state index in [1.807, 2.05) is 6.07 Å². The minimum Gasteiger partial charge on any atom is -0.427 e. The number of esters is 1. The highest BCUT2D eigenvalue weighted by Gasteiger charge is 2.09. The number of hydrogen-bond acceptors (Lipinski definition) is 4. The van der Waals surface area contributed by atoms with E-state index in [0.29, 0.717) is 30.0 Å². The lowest BCUT2D eigenvalue weighted by atomic mass is 10.1. The number of anilines is 1. The SMILES string of the molecule is CCC(=O)NCc1cccc(NC(=O)c2cccc(OC(C)=O)c2)c1. The molecule has 0 aromatic heterocycles. The van der Waals surface area contributed by atoms with Gasteiger partial charge in [-0.05, 0) is 35.9 Å². The molecule has 6 heteroatoms. The van der Waals surface area contributed by atoms with Gasteiger partial charge in [0, 0.05) is 31.1 Å². The van der Waals surface area contributed by atoms with Gasteiger partial charge >= 0.3 is 5.97 Å². The summed E-state index contributed by atoms with van der Waals surface area (Å²) in [5.41, 5.74) is 1.88. The molecule has 0 aliphatic heterocycles. The zero-order valence-electron chi connectivity index (χ0n) is 14.2. The summed E-state index contributed by atoms with van der Waals surface area (Å²) < 4.78 is 4.98. The number of amides is 2. The summed E-state index contributed by atoms with van der Waals surface area (Å²) in [5, 5.41) is 5.58. The van der Waals surface area contributed by atoms with Crippen molar-refractivity contribution in [1.82, 2.24) is 5.32 Å². The number of benzene rings is 2. The van der Waals surface area contributed by atoms with Crippen molar-refractivity contribution in [3.05, 3.63) is 59.7 Å². The fraction of sp³-hybridized carbons (Fsp3) is 0.211. The van der Waals surface area contributed by atoms with Crippen molar-refractivity contribution >= 4 is 23.5 Å². The Morgan fingerprint density at radius 3 is 2.52 bits per heavy atom. The smallest absolute Gasteiger partial charge is 0.308 e. The highest BCUT2D eigenvalue weighted by atomic mass is 16.5. The van der Waals surface area contributed by atoms with Gasteiger partial charge in [0.15, 0.2) is 0 Å². The van der Waals surface area contributed by atoms with Gasteiger partial charge in [-0.25, -0.2) is 0 Å². The third-order valence-corrected chi connectivity index (χ3v) is 3.35. The molecule has 0 radical (unpaired) electrons. The van der Waals surface area contributed by atoms with Crippen molar-refractivity contribution in [2.24, 2.45) is 0 Å². The van der Waals surface area contributed by atoms with Crippen molar-refractivity contribution < 1.29 is 19.1 Å². The molecular formula is C19H20N2O4. The quantitative estimate of drug-likeness (QED) is 0.625. The lowest BCUT2D eigenvalue weighted by Gasteiger charge is -2.09. The van der Waals surface area contributed by atoms with E-state index >= 15 is 0 Å². The molecule has 0 aliphatic carbocycles. The first-order valence-electron chi connectivity index (χ1n) is 7.93. The van der Waals surface area contributed by atoms with Crippen LogP contribution in [0.2, 0.25) is 0 Å². The Morgan fingerprint density at radius 1 is 1.04 bits per heavy atom. The topological polar surface area (TPSA) is 84.5 Å². The fourth-order valence-corrected chi connectivity index (χ4v) is 2.15. The third-order valence-electron chi connectivity index (χ3n) is 3.35. The Labute approximate surface area is 146 Å². The molecule has 25 heavy (non-hydrogen) atoms. The van der Waals surface area contributed by atoms with Crippen molar-refractivity contribution in [2.75, 3.05) is 5.32 Å². The Hall–Kier alpha value is -3.15. The van der Waals surface area contributed by atoms with Gasteiger partial charge < -0.3 is 15.4 Å². The molecule has 0 saturated carbocycles. The lowest BCUT2D eigenvalue weighted by Crippen LogP contribution is -2.21. The molecule has 6 nitrogen and oxygen atoms in total. The first kappa shape index (κ1) is 18.2. The molecule has 2 amide bonds. The molecular weight excluding hydrogens is 320 g/mol. The first-order chi connectivity index (χ1) is 12.0. The largest absolute Gasteiger partial charge is 0.427 e. The summed E-state index contributed by atoms with van der Waals surface area (Å²) in [7, 11) is 0. The highest BCUT2D eigenvalue weighted by Crippen LogP contribution is 2.16. The van der Waals surface area contributed by atoms with Crippen LogP contribution in [0.25, 0.3) is 0 Å². The second-order valence-electron chi connectivity index (χ2n) is 5.41. The van der Waals surface area contributed by atoms with E-state index in [4.69, 9.17) is 4.74 Å². The number of rotatable bonds is 6. The van der Waals surface area contributed by atoms with Crippen molar-refractivity contribution in [3.63, 3.8) is 0 Å². The van der Waals surface area contributed by atoms with Crippen molar-refractivity contribution in [3.8, 4) is 5.75 Å². The first-order valence-corrected chi connectivity index (χ1v) is 7.93. The Kier molecular flexibility index (Phi) is 6.28. The van der Waals surface area contributed by atoms with Crippen LogP contribution < -0.4 is 15.4 Å². The van der Waals surface area contributed by atoms with Crippen molar-refractivity contribution in [2.45, 2.75) is 26.8 Å². The fourth-order valence-electron chi connectivity index (χ4n) is 2.15. The summed E-state index contributed by atoms with van der Waals surface area (Å²) in [6, 6.07) is 13.6. The Bertz CT molecular complexity index is 786. The average Bonchev–Trinajstić information content (AvgIpc) is 2.59. The maximum atomic E-state index is 12.4. The van der Waals surface area contributed by atoms with Crippen LogP contribution in [0.5, 0.6) is 5.75 Å². The van der Waals surface area contributed by atoms with Crippen molar-refractivity contribution in [1.29, 1.82) is 0 Å². The van der Waals surface area contributed by atoms with Gasteiger partial charge in [0.2, 0.25) is 5.91 Å². The molecule has 2 N–H and O–H groups in total. The second kappa shape index (κ2) is 8.63. The van der Waals surface area contributed by atoms with Gasteiger partial charge in [0.1, 0.15) is 5.75 Å². The Balaban J connectivity index is 2.05. The van der Waals surface area contributed by atoms with E-state index in [9.17, 15) is 14.4 Å². The van der Waals surface area contributed by atoms with Gasteiger partial charge in [-0.2, -0.15) is 0 Å². The van der Waals surface area contributed by atoms with Crippen LogP contribution in [0.4, 0.5) is 5.69 Å². The molecule has 2 rings (SSSR count). The molecule has 0 fully saturated rings. The van der Waals surface area contributed by atoms with E-state index < -0.39 is 5.97 Å². The Morgan fingerprint density at radius 2 is 1.80 bits per heavy atom. The molecule has 0 saturated heterocycles. The highest BCUT2D eigenvalue weighted by molar-refractivity contribution is 6.04. The van der Waals surface area contributed by atoms with Crippen LogP contribution in [0, 0.1) is 0 Å². The monoisotopic (exact) mass is 340 g/mol. The van der Waals surface area contributed by atoms with Crippen LogP contribution in [0.15, 0.2) is 48.5 Å². The molecule has 2 aromatic carbocycles. The van der Waals surface area contributed by atoms with Gasteiger partial charge in [-0.1, -0.05) is 25.1 Å². The van der Waals surface area contributed by atoms with Crippen LogP contribution in [0.3, 0.4) is 0 Å². The summed E-state index contributed by atoms with van der Waals surface area (Å²) in [4.78, 5) is 34.7. The maximum Gasteiger partial charge on any atom is 0.308 e. The van der Waals surface area contributed by atoms with Gasteiger partial charge in [-0.3, -0.25) is 14.4 Å². The van der Waals surface area contributed by atoms with E-state index in [-0.39, 0.29) is 11.8 Å². The zero-order valence-corrected chi connectivity index (χ0v) is 14.2. The van der Waals surface area contributed by atoms with E-state index in [0.717, 1.165) is 5.56 Å². The zero-order chi connectivity index (χ0) is 18.2. The minimum absolute atomic E-state index is 0.0308. The standard InChI is InChI=1S/C19H20N2O4/c1-3-18(23)20-12-14-6-4-8-16(10-14)21-19(24)15-7-5-9-17(11-15)25-13(2)22/h4-11H,3,12H2,1-2H3,(H,20,23)(H,21,24). The molecule has 0 bridgehead atoms. The van der Waals surface area contributed by atoms with E-state index in [1.165, 1.54) is 13.0 Å². The van der Waals surface area contributed by atoms with E-state index in [2.05, 4.69) is 10.6 Å². The van der Waals surface area contributed by atoms with Gasteiger partial charge in [0.25, 0.3) is 5.91 Å². The number of carbonyl (C=O) groups excluding carboxylic acids is 3. The van der Waals surface area contributed by atoms with Crippen LogP contribution in [0.1, 0.15) is 36.2 Å². The third kappa shape index (κ3) is 5.76. The van der Waals surface area contributed by atoms with Gasteiger partial charge in [-0.15, -0.1) is 0 Å². The maximum absolute atomic E-state index is 12.4. The molecule has 0 spiro atoms. The summed E-state index contributed by atoms with van der Waals surface area (Å²) in [6.07, 6.45) is 0.426. The second-order valence-corrected chi connectivity index (χ2v) is 5.41. The normalized spacial score (nSPS) is 10.0. The number of carbonyl (C=O) groups is 3. The van der Waals surface area contributed by atoms with Gasteiger partial charge in [0.05, 0.1) is 0 Å². The molecule has 0 aliphatic rings. The summed E-state index contributed by atoms with van der Waals surface area (Å²) in [6.45, 7) is 3.49. The predicted octanol–water partition coefficient (Wildman–Crippen LogP) is 2.89. The lowest BCUT2D eigenvalue weighted by molar-refractivity contribution is -0.131. The molecule has 0 atom stereocenters. The number of ether oxygens (including phenoxy) is 1. The van der Waals surface area contributed by atoms with Crippen LogP contribution in [-0.4, -0.2) is 17.8 Å². The molecule has 0 unspecified atom stereocenters. The number of hydrogen-bond donors (Lipinski definition) is 2. The summed E-state index contributed by atoms with van der Waals surface area (Å²) >= 11 is 0. The van der Waals surface area contributed by atoms with Crippen LogP contribution >= 0.6 is 0 Å². The van der Waals surface area contributed by atoms with Crippen LogP contribution in [-0.2, 0) is 16.1 Å². The summed E-state index contributed by atoms with van der Waals surface area (Å²) in [5.74, 6) is -0.476. The minimum atomic E-state index is -0.445. The average molecular weight is 340 g/mol. The number of nitrogens with one attached hydrogen (secondary N) is 2. The molecule has 0 heterocycles. The molecule has 2 aromatic rings. The van der Waals surface area contributed by atoms with E-state index in [1.54, 1.807) is 43.3 Å². The molecule has 130 valence electrons. The predicted molar refractivity (Wildman–Crippen MR) is 94.3 cm³/mol.